The minimum absolute atomic E-state index is 0.693. The third-order valence-corrected chi connectivity index (χ3v) is 3.16. The fourth-order valence-corrected chi connectivity index (χ4v) is 2.08. The molecule has 94 valence electrons. The Kier molecular flexibility index (Phi) is 3.12. The Morgan fingerprint density at radius 2 is 1.67 bits per heavy atom. The highest BCUT2D eigenvalue weighted by atomic mass is 19.1. The quantitative estimate of drug-likeness (QED) is 0.775. The van der Waals surface area contributed by atoms with E-state index in [0.29, 0.717) is 5.56 Å². The highest BCUT2D eigenvalue weighted by molar-refractivity contribution is 5.78. The van der Waals surface area contributed by atoms with Crippen LogP contribution in [-0.4, -0.2) is 0 Å². The maximum atomic E-state index is 13.9. The van der Waals surface area contributed by atoms with Crippen LogP contribution in [0.5, 0.6) is 0 Å². The lowest BCUT2D eigenvalue weighted by Crippen LogP contribution is -2.09. The van der Waals surface area contributed by atoms with Gasteiger partial charge >= 0.3 is 0 Å². The molecule has 0 aliphatic rings. The van der Waals surface area contributed by atoms with Gasteiger partial charge in [0.15, 0.2) is 0 Å². The molecule has 0 amide bonds. The van der Waals surface area contributed by atoms with Crippen LogP contribution in [0, 0.1) is 6.92 Å². The van der Waals surface area contributed by atoms with Gasteiger partial charge in [0, 0.05) is 11.3 Å². The number of nitrogen functional groups attached to an aromatic ring is 1. The first-order chi connectivity index (χ1) is 8.39. The third-order valence-electron chi connectivity index (χ3n) is 3.16. The van der Waals surface area contributed by atoms with E-state index >= 15 is 0 Å². The second kappa shape index (κ2) is 4.45. The molecule has 2 heteroatoms. The fourth-order valence-electron chi connectivity index (χ4n) is 2.08. The van der Waals surface area contributed by atoms with E-state index < -0.39 is 5.67 Å². The van der Waals surface area contributed by atoms with Gasteiger partial charge in [0.1, 0.15) is 5.67 Å². The number of benzene rings is 2. The van der Waals surface area contributed by atoms with Gasteiger partial charge in [-0.15, -0.1) is 0 Å². The van der Waals surface area contributed by atoms with Gasteiger partial charge in [-0.05, 0) is 43.5 Å². The molecule has 2 aromatic carbocycles. The SMILES string of the molecule is Cc1cc(C(C)(C)F)ccc1-c1ccccc1N. The molecule has 0 radical (unpaired) electrons. The summed E-state index contributed by atoms with van der Waals surface area (Å²) in [5, 5.41) is 0. The molecule has 0 atom stereocenters. The average Bonchev–Trinajstić information content (AvgIpc) is 2.29. The van der Waals surface area contributed by atoms with Crippen LogP contribution in [-0.2, 0) is 5.67 Å². The van der Waals surface area contributed by atoms with Crippen molar-refractivity contribution in [3.8, 4) is 11.1 Å². The van der Waals surface area contributed by atoms with Crippen LogP contribution < -0.4 is 5.73 Å². The summed E-state index contributed by atoms with van der Waals surface area (Å²) in [4.78, 5) is 0. The molecular formula is C16H18FN. The number of alkyl halides is 1. The van der Waals surface area contributed by atoms with E-state index in [4.69, 9.17) is 5.73 Å². The predicted molar refractivity (Wildman–Crippen MR) is 75.2 cm³/mol. The summed E-state index contributed by atoms with van der Waals surface area (Å²) in [6.45, 7) is 5.12. The van der Waals surface area contributed by atoms with Gasteiger partial charge in [0.05, 0.1) is 0 Å². The minimum Gasteiger partial charge on any atom is -0.398 e. The first kappa shape index (κ1) is 12.6. The van der Waals surface area contributed by atoms with Gasteiger partial charge in [-0.2, -0.15) is 0 Å². The second-order valence-corrected chi connectivity index (χ2v) is 5.09. The monoisotopic (exact) mass is 243 g/mol. The van der Waals surface area contributed by atoms with Gasteiger partial charge in [0.25, 0.3) is 0 Å². The van der Waals surface area contributed by atoms with Crippen LogP contribution in [0.25, 0.3) is 11.1 Å². The normalized spacial score (nSPS) is 11.6. The summed E-state index contributed by atoms with van der Waals surface area (Å²) in [5.74, 6) is 0. The smallest absolute Gasteiger partial charge is 0.130 e. The number of anilines is 1. The molecular weight excluding hydrogens is 225 g/mol. The van der Waals surface area contributed by atoms with E-state index in [0.717, 1.165) is 22.4 Å². The number of para-hydroxylation sites is 1. The fraction of sp³-hybridized carbons (Fsp3) is 0.250. The molecule has 0 saturated carbocycles. The Balaban J connectivity index is 2.52. The molecule has 2 N–H and O–H groups in total. The number of halogens is 1. The lowest BCUT2D eigenvalue weighted by atomic mass is 9.92. The number of aryl methyl sites for hydroxylation is 1. The lowest BCUT2D eigenvalue weighted by molar-refractivity contribution is 0.221. The lowest BCUT2D eigenvalue weighted by Gasteiger charge is -2.17. The van der Waals surface area contributed by atoms with Crippen LogP contribution in [0.2, 0.25) is 0 Å². The second-order valence-electron chi connectivity index (χ2n) is 5.09. The van der Waals surface area contributed by atoms with Gasteiger partial charge < -0.3 is 5.73 Å². The van der Waals surface area contributed by atoms with E-state index in [1.807, 2.05) is 49.4 Å². The molecule has 0 bridgehead atoms. The maximum absolute atomic E-state index is 13.9. The molecule has 0 fully saturated rings. The molecule has 18 heavy (non-hydrogen) atoms. The Morgan fingerprint density at radius 1 is 1.00 bits per heavy atom. The molecule has 2 aromatic rings. The molecule has 1 nitrogen and oxygen atoms in total. The topological polar surface area (TPSA) is 26.0 Å². The molecule has 0 heterocycles. The zero-order valence-corrected chi connectivity index (χ0v) is 11.0. The standard InChI is InChI=1S/C16H18FN/c1-11-10-12(16(2,3)17)8-9-13(11)14-6-4-5-7-15(14)18/h4-10H,18H2,1-3H3. The first-order valence-electron chi connectivity index (χ1n) is 6.04. The predicted octanol–water partition coefficient (Wildman–Crippen LogP) is 4.45. The summed E-state index contributed by atoms with van der Waals surface area (Å²) in [7, 11) is 0. The van der Waals surface area contributed by atoms with E-state index in [9.17, 15) is 4.39 Å². The molecule has 0 aliphatic heterocycles. The van der Waals surface area contributed by atoms with Crippen LogP contribution in [0.3, 0.4) is 0 Å². The molecule has 0 unspecified atom stereocenters. The highest BCUT2D eigenvalue weighted by Gasteiger charge is 2.19. The number of hydrogen-bond acceptors (Lipinski definition) is 1. The molecule has 2 rings (SSSR count). The van der Waals surface area contributed by atoms with E-state index in [1.165, 1.54) is 0 Å². The van der Waals surface area contributed by atoms with Crippen LogP contribution in [0.15, 0.2) is 42.5 Å². The Bertz CT molecular complexity index is 568. The van der Waals surface area contributed by atoms with Crippen molar-refractivity contribution in [2.45, 2.75) is 26.4 Å². The van der Waals surface area contributed by atoms with Crippen molar-refractivity contribution >= 4 is 5.69 Å². The van der Waals surface area contributed by atoms with Crippen molar-refractivity contribution in [2.75, 3.05) is 5.73 Å². The van der Waals surface area contributed by atoms with Crippen molar-refractivity contribution in [3.05, 3.63) is 53.6 Å². The average molecular weight is 243 g/mol. The zero-order valence-electron chi connectivity index (χ0n) is 11.0. The summed E-state index contributed by atoms with van der Waals surface area (Å²) in [6.07, 6.45) is 0. The van der Waals surface area contributed by atoms with Gasteiger partial charge in [-0.3, -0.25) is 0 Å². The van der Waals surface area contributed by atoms with E-state index in [2.05, 4.69) is 0 Å². The van der Waals surface area contributed by atoms with Crippen molar-refractivity contribution in [1.29, 1.82) is 0 Å². The summed E-state index contributed by atoms with van der Waals surface area (Å²) in [6, 6.07) is 13.4. The minimum atomic E-state index is -1.31. The number of nitrogens with two attached hydrogens (primary N) is 1. The molecule has 0 saturated heterocycles. The Hall–Kier alpha value is -1.83. The van der Waals surface area contributed by atoms with Crippen LogP contribution in [0.1, 0.15) is 25.0 Å². The van der Waals surface area contributed by atoms with Gasteiger partial charge in [-0.1, -0.05) is 36.4 Å². The largest absolute Gasteiger partial charge is 0.398 e. The van der Waals surface area contributed by atoms with Crippen molar-refractivity contribution < 1.29 is 4.39 Å². The summed E-state index contributed by atoms with van der Waals surface area (Å²) in [5.41, 5.74) is 9.19. The summed E-state index contributed by atoms with van der Waals surface area (Å²) < 4.78 is 13.9. The maximum Gasteiger partial charge on any atom is 0.130 e. The van der Waals surface area contributed by atoms with Crippen molar-refractivity contribution in [1.82, 2.24) is 0 Å². The van der Waals surface area contributed by atoms with Gasteiger partial charge in [0.2, 0.25) is 0 Å². The number of rotatable bonds is 2. The van der Waals surface area contributed by atoms with Crippen LogP contribution in [0.4, 0.5) is 10.1 Å². The first-order valence-corrected chi connectivity index (χ1v) is 6.04. The van der Waals surface area contributed by atoms with E-state index in [-0.39, 0.29) is 0 Å². The molecule has 0 aromatic heterocycles. The number of hydrogen-bond donors (Lipinski definition) is 1. The van der Waals surface area contributed by atoms with E-state index in [1.54, 1.807) is 13.8 Å². The van der Waals surface area contributed by atoms with Crippen LogP contribution >= 0.6 is 0 Å². The molecule has 0 aliphatic carbocycles. The Morgan fingerprint density at radius 3 is 2.22 bits per heavy atom. The summed E-state index contributed by atoms with van der Waals surface area (Å²) >= 11 is 0. The zero-order chi connectivity index (χ0) is 13.3. The molecule has 0 spiro atoms. The highest BCUT2D eigenvalue weighted by Crippen LogP contribution is 2.32. The van der Waals surface area contributed by atoms with Gasteiger partial charge in [-0.25, -0.2) is 4.39 Å². The van der Waals surface area contributed by atoms with Crippen molar-refractivity contribution in [3.63, 3.8) is 0 Å². The third kappa shape index (κ3) is 2.37. The Labute approximate surface area is 107 Å². The van der Waals surface area contributed by atoms with Crippen molar-refractivity contribution in [2.24, 2.45) is 0 Å².